The highest BCUT2D eigenvalue weighted by atomic mass is 15.1. The molecule has 2 unspecified atom stereocenters. The van der Waals surface area contributed by atoms with Crippen LogP contribution in [0.3, 0.4) is 0 Å². The fraction of sp³-hybridized carbons (Fsp3) is 0.875. The molecule has 0 aromatic heterocycles. The van der Waals surface area contributed by atoms with Crippen LogP contribution in [0, 0.1) is 17.2 Å². The topological polar surface area (TPSA) is 53.0 Å². The number of rotatable bonds is 2. The fourth-order valence-corrected chi connectivity index (χ4v) is 1.54. The van der Waals surface area contributed by atoms with Gasteiger partial charge in [0.25, 0.3) is 0 Å². The van der Waals surface area contributed by atoms with Crippen molar-refractivity contribution < 1.29 is 0 Å². The number of nitriles is 1. The van der Waals surface area contributed by atoms with E-state index in [-0.39, 0.29) is 6.04 Å². The minimum Gasteiger partial charge on any atom is -0.328 e. The summed E-state index contributed by atoms with van der Waals surface area (Å²) in [5.74, 6) is 0.600. The summed E-state index contributed by atoms with van der Waals surface area (Å²) < 4.78 is 0. The minimum atomic E-state index is 0.277. The van der Waals surface area contributed by atoms with Gasteiger partial charge in [0.1, 0.15) is 0 Å². The van der Waals surface area contributed by atoms with Crippen LogP contribution in [-0.2, 0) is 0 Å². The Morgan fingerprint density at radius 3 is 3.00 bits per heavy atom. The zero-order valence-corrected chi connectivity index (χ0v) is 6.95. The van der Waals surface area contributed by atoms with Crippen LogP contribution >= 0.6 is 0 Å². The summed E-state index contributed by atoms with van der Waals surface area (Å²) in [6, 6.07) is 2.43. The molecular formula is C8H15N3. The van der Waals surface area contributed by atoms with Crippen LogP contribution in [0.2, 0.25) is 0 Å². The third kappa shape index (κ3) is 2.18. The number of nitrogens with zero attached hydrogens (tertiary/aromatic N) is 2. The van der Waals surface area contributed by atoms with E-state index in [0.29, 0.717) is 12.5 Å². The molecule has 0 spiro atoms. The van der Waals surface area contributed by atoms with Gasteiger partial charge in [-0.05, 0) is 25.8 Å². The lowest BCUT2D eigenvalue weighted by Gasteiger charge is -2.14. The number of likely N-dealkylation sites (tertiary alicyclic amines) is 1. The van der Waals surface area contributed by atoms with Crippen LogP contribution in [0.25, 0.3) is 0 Å². The number of hydrogen-bond donors (Lipinski definition) is 1. The fourth-order valence-electron chi connectivity index (χ4n) is 1.54. The Bertz CT molecular complexity index is 159. The second-order valence-corrected chi connectivity index (χ2v) is 3.30. The molecule has 0 aliphatic carbocycles. The molecule has 0 aromatic carbocycles. The predicted molar refractivity (Wildman–Crippen MR) is 43.8 cm³/mol. The first-order chi connectivity index (χ1) is 5.24. The lowest BCUT2D eigenvalue weighted by molar-refractivity contribution is 0.350. The van der Waals surface area contributed by atoms with Gasteiger partial charge in [0.2, 0.25) is 0 Å². The molecular weight excluding hydrogens is 138 g/mol. The van der Waals surface area contributed by atoms with Crippen molar-refractivity contribution in [1.82, 2.24) is 4.90 Å². The van der Waals surface area contributed by atoms with Crippen LogP contribution in [-0.4, -0.2) is 30.6 Å². The molecule has 0 radical (unpaired) electrons. The summed E-state index contributed by atoms with van der Waals surface area (Å²) in [6.07, 6.45) is 1.15. The van der Waals surface area contributed by atoms with E-state index in [4.69, 9.17) is 11.0 Å². The molecule has 2 atom stereocenters. The van der Waals surface area contributed by atoms with Gasteiger partial charge in [-0.15, -0.1) is 0 Å². The molecule has 0 amide bonds. The molecule has 11 heavy (non-hydrogen) atoms. The molecule has 0 saturated carbocycles. The maximum Gasteiger partial charge on any atom is 0.0866 e. The smallest absolute Gasteiger partial charge is 0.0866 e. The third-order valence-corrected chi connectivity index (χ3v) is 2.35. The van der Waals surface area contributed by atoms with Crippen LogP contribution in [0.15, 0.2) is 0 Å². The molecule has 1 aliphatic heterocycles. The highest BCUT2D eigenvalue weighted by molar-refractivity contribution is 4.85. The van der Waals surface area contributed by atoms with Crippen molar-refractivity contribution in [1.29, 1.82) is 5.26 Å². The third-order valence-electron chi connectivity index (χ3n) is 2.35. The zero-order chi connectivity index (χ0) is 8.27. The van der Waals surface area contributed by atoms with Crippen molar-refractivity contribution in [2.75, 3.05) is 19.6 Å². The molecule has 1 rings (SSSR count). The van der Waals surface area contributed by atoms with Gasteiger partial charge in [-0.3, -0.25) is 4.90 Å². The van der Waals surface area contributed by atoms with E-state index in [0.717, 1.165) is 19.5 Å². The van der Waals surface area contributed by atoms with Crippen LogP contribution in [0.1, 0.15) is 13.3 Å². The summed E-state index contributed by atoms with van der Waals surface area (Å²) >= 11 is 0. The molecule has 3 nitrogen and oxygen atoms in total. The van der Waals surface area contributed by atoms with Gasteiger partial charge >= 0.3 is 0 Å². The van der Waals surface area contributed by atoms with Crippen molar-refractivity contribution in [3.8, 4) is 6.07 Å². The van der Waals surface area contributed by atoms with E-state index in [2.05, 4.69) is 11.0 Å². The van der Waals surface area contributed by atoms with Gasteiger partial charge in [-0.1, -0.05) is 0 Å². The summed E-state index contributed by atoms with van der Waals surface area (Å²) in [6.45, 7) is 4.65. The quantitative estimate of drug-likeness (QED) is 0.576. The van der Waals surface area contributed by atoms with Gasteiger partial charge in [-0.2, -0.15) is 5.26 Å². The zero-order valence-electron chi connectivity index (χ0n) is 6.95. The lowest BCUT2D eigenvalue weighted by atomic mass is 10.0. The second-order valence-electron chi connectivity index (χ2n) is 3.30. The molecule has 1 fully saturated rings. The Kier molecular flexibility index (Phi) is 2.86. The molecule has 0 bridgehead atoms. The standard InChI is InChI=1S/C8H15N3/c1-7(10)8-2-4-11(6-8)5-3-9/h7-8H,2,4-6,10H2,1H3. The van der Waals surface area contributed by atoms with E-state index in [9.17, 15) is 0 Å². The summed E-state index contributed by atoms with van der Waals surface area (Å²) in [5, 5.41) is 8.43. The Labute approximate surface area is 67.8 Å². The molecule has 0 aromatic rings. The van der Waals surface area contributed by atoms with Crippen LogP contribution in [0.5, 0.6) is 0 Å². The number of nitrogens with two attached hydrogens (primary N) is 1. The molecule has 3 heteroatoms. The maximum absolute atomic E-state index is 8.43. The largest absolute Gasteiger partial charge is 0.328 e. The van der Waals surface area contributed by atoms with Crippen molar-refractivity contribution in [2.45, 2.75) is 19.4 Å². The highest BCUT2D eigenvalue weighted by Gasteiger charge is 2.24. The highest BCUT2D eigenvalue weighted by Crippen LogP contribution is 2.17. The van der Waals surface area contributed by atoms with Gasteiger partial charge in [0.05, 0.1) is 12.6 Å². The Morgan fingerprint density at radius 2 is 2.55 bits per heavy atom. The van der Waals surface area contributed by atoms with Gasteiger partial charge in [0.15, 0.2) is 0 Å². The predicted octanol–water partition coefficient (Wildman–Crippen LogP) is 0.179. The maximum atomic E-state index is 8.43. The van der Waals surface area contributed by atoms with Crippen LogP contribution < -0.4 is 5.73 Å². The first-order valence-electron chi connectivity index (χ1n) is 4.09. The average Bonchev–Trinajstić information content (AvgIpc) is 2.37. The van der Waals surface area contributed by atoms with E-state index in [1.165, 1.54) is 0 Å². The molecule has 1 saturated heterocycles. The Hall–Kier alpha value is -0.590. The van der Waals surface area contributed by atoms with Crippen molar-refractivity contribution >= 4 is 0 Å². The van der Waals surface area contributed by atoms with E-state index < -0.39 is 0 Å². The molecule has 1 aliphatic rings. The van der Waals surface area contributed by atoms with E-state index in [1.54, 1.807) is 0 Å². The van der Waals surface area contributed by atoms with Crippen molar-refractivity contribution in [2.24, 2.45) is 11.7 Å². The normalized spacial score (nSPS) is 28.3. The average molecular weight is 153 g/mol. The SMILES string of the molecule is CC(N)C1CCN(CC#N)C1. The molecule has 1 heterocycles. The summed E-state index contributed by atoms with van der Waals surface area (Å²) in [5.41, 5.74) is 5.75. The summed E-state index contributed by atoms with van der Waals surface area (Å²) in [7, 11) is 0. The monoisotopic (exact) mass is 153 g/mol. The number of hydrogen-bond acceptors (Lipinski definition) is 3. The summed E-state index contributed by atoms with van der Waals surface area (Å²) in [4.78, 5) is 2.16. The van der Waals surface area contributed by atoms with Crippen LogP contribution in [0.4, 0.5) is 0 Å². The van der Waals surface area contributed by atoms with Gasteiger partial charge in [0, 0.05) is 12.6 Å². The Balaban J connectivity index is 2.30. The minimum absolute atomic E-state index is 0.277. The Morgan fingerprint density at radius 1 is 1.82 bits per heavy atom. The molecule has 2 N–H and O–H groups in total. The van der Waals surface area contributed by atoms with Crippen molar-refractivity contribution in [3.63, 3.8) is 0 Å². The van der Waals surface area contributed by atoms with Gasteiger partial charge in [-0.25, -0.2) is 0 Å². The van der Waals surface area contributed by atoms with Gasteiger partial charge < -0.3 is 5.73 Å². The first kappa shape index (κ1) is 8.51. The van der Waals surface area contributed by atoms with E-state index >= 15 is 0 Å². The lowest BCUT2D eigenvalue weighted by Crippen LogP contribution is -2.29. The van der Waals surface area contributed by atoms with E-state index in [1.807, 2.05) is 6.92 Å². The molecule has 62 valence electrons. The second kappa shape index (κ2) is 3.70. The first-order valence-corrected chi connectivity index (χ1v) is 4.09. The van der Waals surface area contributed by atoms with Crippen molar-refractivity contribution in [3.05, 3.63) is 0 Å².